The Bertz CT molecular complexity index is 5130. The molecule has 16 aromatic rings. The first-order valence-corrected chi connectivity index (χ1v) is 28.8. The highest BCUT2D eigenvalue weighted by molar-refractivity contribution is 6.21. The summed E-state index contributed by atoms with van der Waals surface area (Å²) in [6.07, 6.45) is 0. The molecule has 2 heterocycles. The minimum absolute atomic E-state index is 0.497. The van der Waals surface area contributed by atoms with Crippen LogP contribution in [0, 0.1) is 0 Å². The van der Waals surface area contributed by atoms with Crippen molar-refractivity contribution in [2.24, 2.45) is 0 Å². The van der Waals surface area contributed by atoms with Gasteiger partial charge in [0.2, 0.25) is 0 Å². The van der Waals surface area contributed by atoms with Gasteiger partial charge < -0.3 is 9.13 Å². The summed E-state index contributed by atoms with van der Waals surface area (Å²) in [6.45, 7) is 0. The van der Waals surface area contributed by atoms with E-state index in [4.69, 9.17) is 0 Å². The first-order chi connectivity index (χ1) is 41.2. The van der Waals surface area contributed by atoms with E-state index in [9.17, 15) is 0 Å². The molecule has 0 saturated heterocycles. The van der Waals surface area contributed by atoms with Crippen LogP contribution in [0.3, 0.4) is 0 Å². The fourth-order valence-electron chi connectivity index (χ4n) is 14.4. The maximum Gasteiger partial charge on any atom is 0.0713 e. The number of hydrogen-bond donors (Lipinski definition) is 0. The molecule has 83 heavy (non-hydrogen) atoms. The minimum atomic E-state index is -0.497. The number of aromatic nitrogens is 2. The standard InChI is InChI=1S/C81H52N2/c1-5-21-53(22-6-1)79-66-31-13-15-33-68(66)80(69-34-16-14-32-67(69)79)54-37-43-62(44-38-54)83-77-47-41-56(55-40-46-76-70(49-55)65-30-18-20-36-75(65)82(76)61-27-11-4-12-28-61)50-71(77)72-51-57(42-48-78(72)83)58-39-45-64-63-29-17-19-35-73(63)81(74(64)52-58,59-23-7-2-8-24-59)60-25-9-3-10-26-60/h1-52H. The van der Waals surface area contributed by atoms with Crippen molar-refractivity contribution in [2.45, 2.75) is 5.41 Å². The molecule has 0 atom stereocenters. The van der Waals surface area contributed by atoms with Crippen LogP contribution >= 0.6 is 0 Å². The summed E-state index contributed by atoms with van der Waals surface area (Å²) in [5.41, 5.74) is 23.9. The Labute approximate surface area is 481 Å². The highest BCUT2D eigenvalue weighted by Crippen LogP contribution is 2.57. The lowest BCUT2D eigenvalue weighted by molar-refractivity contribution is 0.769. The predicted molar refractivity (Wildman–Crippen MR) is 349 cm³/mol. The number of benzene rings is 14. The van der Waals surface area contributed by atoms with E-state index in [1.54, 1.807) is 0 Å². The van der Waals surface area contributed by atoms with Gasteiger partial charge in [-0.15, -0.1) is 0 Å². The summed E-state index contributed by atoms with van der Waals surface area (Å²) >= 11 is 0. The Morgan fingerprint density at radius 3 is 1.08 bits per heavy atom. The highest BCUT2D eigenvalue weighted by atomic mass is 15.0. The van der Waals surface area contributed by atoms with Crippen molar-refractivity contribution < 1.29 is 0 Å². The minimum Gasteiger partial charge on any atom is -0.309 e. The van der Waals surface area contributed by atoms with Crippen molar-refractivity contribution in [2.75, 3.05) is 0 Å². The molecule has 0 N–H and O–H groups in total. The van der Waals surface area contributed by atoms with Crippen LogP contribution in [0.25, 0.3) is 132 Å². The van der Waals surface area contributed by atoms with E-state index in [2.05, 4.69) is 325 Å². The van der Waals surface area contributed by atoms with Gasteiger partial charge in [0, 0.05) is 32.9 Å². The number of para-hydroxylation sites is 2. The zero-order valence-electron chi connectivity index (χ0n) is 45.4. The van der Waals surface area contributed by atoms with E-state index in [1.165, 1.54) is 132 Å². The SMILES string of the molecule is c1ccc(-c2c3ccccc3c(-c3ccc(-n4c5ccc(-c6ccc7c(c6)C(c6ccccc6)(c6ccccc6)c6ccccc6-7)cc5c5cc(-c6ccc7c(c6)c6ccccc6n7-c6ccccc6)ccc54)cc3)c3ccccc23)cc1. The van der Waals surface area contributed by atoms with Crippen LogP contribution in [0.15, 0.2) is 315 Å². The molecule has 0 bridgehead atoms. The van der Waals surface area contributed by atoms with Crippen LogP contribution in [0.2, 0.25) is 0 Å². The maximum atomic E-state index is 2.49. The molecule has 1 aliphatic rings. The molecule has 0 saturated carbocycles. The van der Waals surface area contributed by atoms with Gasteiger partial charge in [0.25, 0.3) is 0 Å². The van der Waals surface area contributed by atoms with Crippen molar-refractivity contribution in [3.63, 3.8) is 0 Å². The van der Waals surface area contributed by atoms with Gasteiger partial charge in [-0.2, -0.15) is 0 Å². The van der Waals surface area contributed by atoms with Gasteiger partial charge in [-0.25, -0.2) is 0 Å². The second-order valence-electron chi connectivity index (χ2n) is 22.3. The first-order valence-electron chi connectivity index (χ1n) is 28.8. The van der Waals surface area contributed by atoms with Crippen LogP contribution in [0.5, 0.6) is 0 Å². The number of hydrogen-bond acceptors (Lipinski definition) is 0. The summed E-state index contributed by atoms with van der Waals surface area (Å²) in [5.74, 6) is 0. The summed E-state index contributed by atoms with van der Waals surface area (Å²) in [7, 11) is 0. The van der Waals surface area contributed by atoms with Gasteiger partial charge in [0.15, 0.2) is 0 Å². The molecule has 1 aliphatic carbocycles. The molecule has 0 amide bonds. The van der Waals surface area contributed by atoms with E-state index in [-0.39, 0.29) is 0 Å². The zero-order valence-corrected chi connectivity index (χ0v) is 45.4. The van der Waals surface area contributed by atoms with Gasteiger partial charge in [0.1, 0.15) is 0 Å². The van der Waals surface area contributed by atoms with Gasteiger partial charge in [-0.3, -0.25) is 0 Å². The Morgan fingerprint density at radius 1 is 0.205 bits per heavy atom. The molecule has 2 aromatic heterocycles. The van der Waals surface area contributed by atoms with Crippen molar-refractivity contribution in [1.29, 1.82) is 0 Å². The molecule has 2 heteroatoms. The summed E-state index contributed by atoms with van der Waals surface area (Å²) < 4.78 is 4.87. The van der Waals surface area contributed by atoms with E-state index in [0.717, 1.165) is 22.4 Å². The Hall–Kier alpha value is -10.8. The van der Waals surface area contributed by atoms with Crippen LogP contribution in [0.1, 0.15) is 22.3 Å². The normalized spacial score (nSPS) is 12.7. The molecule has 14 aromatic carbocycles. The van der Waals surface area contributed by atoms with Crippen LogP contribution in [-0.2, 0) is 5.41 Å². The van der Waals surface area contributed by atoms with Crippen molar-refractivity contribution >= 4 is 65.2 Å². The fourth-order valence-corrected chi connectivity index (χ4v) is 14.4. The van der Waals surface area contributed by atoms with Gasteiger partial charge in [-0.1, -0.05) is 243 Å². The van der Waals surface area contributed by atoms with Gasteiger partial charge in [0.05, 0.1) is 27.5 Å². The third kappa shape index (κ3) is 7.10. The second kappa shape index (κ2) is 18.6. The molecule has 0 fully saturated rings. The van der Waals surface area contributed by atoms with Gasteiger partial charge >= 0.3 is 0 Å². The lowest BCUT2D eigenvalue weighted by Gasteiger charge is -2.34. The van der Waals surface area contributed by atoms with E-state index in [1.807, 2.05) is 0 Å². The number of nitrogens with zero attached hydrogens (tertiary/aromatic N) is 2. The zero-order chi connectivity index (χ0) is 54.6. The molecule has 386 valence electrons. The Morgan fingerprint density at radius 2 is 0.554 bits per heavy atom. The van der Waals surface area contributed by atoms with Crippen molar-refractivity contribution in [3.8, 4) is 67.0 Å². The molecule has 0 radical (unpaired) electrons. The van der Waals surface area contributed by atoms with E-state index >= 15 is 0 Å². The summed E-state index contributed by atoms with van der Waals surface area (Å²) in [6, 6.07) is 117. The van der Waals surface area contributed by atoms with Crippen molar-refractivity contribution in [3.05, 3.63) is 338 Å². The van der Waals surface area contributed by atoms with Crippen LogP contribution in [-0.4, -0.2) is 9.13 Å². The first kappa shape index (κ1) is 47.1. The monoisotopic (exact) mass is 1050 g/mol. The Balaban J connectivity index is 0.861. The third-order valence-electron chi connectivity index (χ3n) is 18.0. The molecular weight excluding hydrogens is 1000 g/mol. The number of fused-ring (bicyclic) bond motifs is 11. The maximum absolute atomic E-state index is 2.49. The molecule has 17 rings (SSSR count). The highest BCUT2D eigenvalue weighted by Gasteiger charge is 2.46. The molecule has 0 unspecified atom stereocenters. The van der Waals surface area contributed by atoms with Crippen molar-refractivity contribution in [1.82, 2.24) is 9.13 Å². The molecule has 0 spiro atoms. The lowest BCUT2D eigenvalue weighted by Crippen LogP contribution is -2.28. The fraction of sp³-hybridized carbons (Fsp3) is 0.0123. The smallest absolute Gasteiger partial charge is 0.0713 e. The average Bonchev–Trinajstić information content (AvgIpc) is 4.36. The van der Waals surface area contributed by atoms with E-state index in [0.29, 0.717) is 0 Å². The topological polar surface area (TPSA) is 9.86 Å². The molecule has 0 aliphatic heterocycles. The van der Waals surface area contributed by atoms with E-state index < -0.39 is 5.41 Å². The largest absolute Gasteiger partial charge is 0.309 e. The summed E-state index contributed by atoms with van der Waals surface area (Å²) in [4.78, 5) is 0. The average molecular weight is 1050 g/mol. The number of rotatable bonds is 8. The second-order valence-corrected chi connectivity index (χ2v) is 22.3. The van der Waals surface area contributed by atoms with Crippen LogP contribution in [0.4, 0.5) is 0 Å². The third-order valence-corrected chi connectivity index (χ3v) is 18.0. The molecular formula is C81H52N2. The van der Waals surface area contributed by atoms with Crippen LogP contribution < -0.4 is 0 Å². The van der Waals surface area contributed by atoms with Gasteiger partial charge in [-0.05, 0) is 172 Å². The summed E-state index contributed by atoms with van der Waals surface area (Å²) in [5, 5.41) is 9.90. The quantitative estimate of drug-likeness (QED) is 0.134. The lowest BCUT2D eigenvalue weighted by atomic mass is 9.67. The predicted octanol–water partition coefficient (Wildman–Crippen LogP) is 21.2. The Kier molecular flexibility index (Phi) is 10.6. The molecule has 2 nitrogen and oxygen atoms in total.